The molecule has 0 bridgehead atoms. The summed E-state index contributed by atoms with van der Waals surface area (Å²) in [5.41, 5.74) is 8.35. The lowest BCUT2D eigenvalue weighted by atomic mass is 9.87. The van der Waals surface area contributed by atoms with Crippen LogP contribution in [0.4, 0.5) is 5.69 Å². The topological polar surface area (TPSA) is 83.8 Å². The fourth-order valence-electron chi connectivity index (χ4n) is 1.76. The van der Waals surface area contributed by atoms with Crippen LogP contribution in [0.25, 0.3) is 11.3 Å². The van der Waals surface area contributed by atoms with Gasteiger partial charge in [-0.05, 0) is 23.1 Å². The number of benzene rings is 1. The maximum atomic E-state index is 12.0. The van der Waals surface area contributed by atoms with Crippen LogP contribution in [0.1, 0.15) is 20.8 Å². The van der Waals surface area contributed by atoms with E-state index >= 15 is 0 Å². The monoisotopic (exact) mass is 272 g/mol. The first-order valence-corrected chi connectivity index (χ1v) is 6.53. The molecule has 5 nitrogen and oxygen atoms in total. The Morgan fingerprint density at radius 2 is 1.95 bits per heavy atom. The number of aromatic nitrogens is 2. The van der Waals surface area contributed by atoms with E-state index < -0.39 is 6.04 Å². The van der Waals surface area contributed by atoms with Crippen molar-refractivity contribution in [3.05, 3.63) is 36.8 Å². The Bertz CT molecular complexity index is 567. The number of anilines is 1. The molecule has 1 heterocycles. The molecule has 0 aliphatic rings. The Labute approximate surface area is 118 Å². The van der Waals surface area contributed by atoms with Crippen LogP contribution in [-0.4, -0.2) is 21.9 Å². The number of hydrogen-bond donors (Lipinski definition) is 3. The van der Waals surface area contributed by atoms with Gasteiger partial charge in [-0.1, -0.05) is 32.9 Å². The number of aromatic amines is 1. The predicted molar refractivity (Wildman–Crippen MR) is 80.1 cm³/mol. The van der Waals surface area contributed by atoms with Gasteiger partial charge in [0.25, 0.3) is 0 Å². The van der Waals surface area contributed by atoms with E-state index in [0.29, 0.717) is 0 Å². The molecule has 0 unspecified atom stereocenters. The lowest BCUT2D eigenvalue weighted by Crippen LogP contribution is -2.45. The summed E-state index contributed by atoms with van der Waals surface area (Å²) in [6, 6.07) is 7.00. The molecule has 0 saturated heterocycles. The van der Waals surface area contributed by atoms with Crippen LogP contribution in [0, 0.1) is 5.41 Å². The minimum absolute atomic E-state index is 0.174. The summed E-state index contributed by atoms with van der Waals surface area (Å²) in [6.07, 6.45) is 3.39. The molecule has 0 radical (unpaired) electrons. The van der Waals surface area contributed by atoms with Gasteiger partial charge in [-0.2, -0.15) is 0 Å². The Morgan fingerprint density at radius 1 is 1.30 bits per heavy atom. The lowest BCUT2D eigenvalue weighted by Gasteiger charge is -2.25. The summed E-state index contributed by atoms with van der Waals surface area (Å²) in [5.74, 6) is -0.174. The molecule has 20 heavy (non-hydrogen) atoms. The number of nitrogens with zero attached hydrogens (tertiary/aromatic N) is 1. The average molecular weight is 272 g/mol. The minimum Gasteiger partial charge on any atom is -0.345 e. The first-order chi connectivity index (χ1) is 9.38. The van der Waals surface area contributed by atoms with Gasteiger partial charge < -0.3 is 16.0 Å². The van der Waals surface area contributed by atoms with Crippen LogP contribution >= 0.6 is 0 Å². The predicted octanol–water partition coefficient (Wildman–Crippen LogP) is 2.39. The Hall–Kier alpha value is -2.14. The molecule has 2 aromatic rings. The van der Waals surface area contributed by atoms with E-state index in [-0.39, 0.29) is 11.3 Å². The van der Waals surface area contributed by atoms with Crippen molar-refractivity contribution in [1.82, 2.24) is 9.97 Å². The van der Waals surface area contributed by atoms with Crippen molar-refractivity contribution in [2.45, 2.75) is 26.8 Å². The van der Waals surface area contributed by atoms with E-state index in [0.717, 1.165) is 16.9 Å². The van der Waals surface area contributed by atoms with Gasteiger partial charge >= 0.3 is 0 Å². The maximum absolute atomic E-state index is 12.0. The number of nitrogens with two attached hydrogens (primary N) is 1. The van der Waals surface area contributed by atoms with Crippen LogP contribution in [0.15, 0.2) is 36.8 Å². The van der Waals surface area contributed by atoms with E-state index in [4.69, 9.17) is 5.73 Å². The van der Waals surface area contributed by atoms with Gasteiger partial charge in [-0.15, -0.1) is 0 Å². The smallest absolute Gasteiger partial charge is 0.241 e. The highest BCUT2D eigenvalue weighted by Crippen LogP contribution is 2.21. The van der Waals surface area contributed by atoms with E-state index in [1.807, 2.05) is 45.0 Å². The van der Waals surface area contributed by atoms with Gasteiger partial charge in [0.05, 0.1) is 24.3 Å². The summed E-state index contributed by atoms with van der Waals surface area (Å²) in [6.45, 7) is 5.83. The third kappa shape index (κ3) is 3.24. The van der Waals surface area contributed by atoms with Gasteiger partial charge in [0, 0.05) is 5.69 Å². The second-order valence-corrected chi connectivity index (χ2v) is 5.88. The zero-order chi connectivity index (χ0) is 14.8. The van der Waals surface area contributed by atoms with Gasteiger partial charge in [0.15, 0.2) is 0 Å². The van der Waals surface area contributed by atoms with E-state index in [1.54, 1.807) is 12.5 Å². The Kier molecular flexibility index (Phi) is 3.90. The Balaban J connectivity index is 2.06. The number of amides is 1. The van der Waals surface area contributed by atoms with Crippen molar-refractivity contribution in [3.63, 3.8) is 0 Å². The second-order valence-electron chi connectivity index (χ2n) is 5.88. The third-order valence-corrected chi connectivity index (χ3v) is 3.18. The fraction of sp³-hybridized carbons (Fsp3) is 0.333. The van der Waals surface area contributed by atoms with E-state index in [9.17, 15) is 4.79 Å². The SMILES string of the molecule is CC(C)(C)[C@@H](N)C(=O)Nc1ccc(-c2cnc[nH]2)cc1. The average Bonchev–Trinajstić information content (AvgIpc) is 2.91. The highest BCUT2D eigenvalue weighted by Gasteiger charge is 2.27. The zero-order valence-electron chi connectivity index (χ0n) is 12.0. The van der Waals surface area contributed by atoms with Crippen molar-refractivity contribution in [1.29, 1.82) is 0 Å². The molecule has 0 aliphatic carbocycles. The molecule has 0 spiro atoms. The summed E-state index contributed by atoms with van der Waals surface area (Å²) in [5, 5.41) is 2.83. The molecular weight excluding hydrogens is 252 g/mol. The van der Waals surface area contributed by atoms with E-state index in [1.165, 1.54) is 0 Å². The highest BCUT2D eigenvalue weighted by molar-refractivity contribution is 5.95. The van der Waals surface area contributed by atoms with Crippen molar-refractivity contribution >= 4 is 11.6 Å². The summed E-state index contributed by atoms with van der Waals surface area (Å²) >= 11 is 0. The van der Waals surface area contributed by atoms with Crippen molar-refractivity contribution in [2.75, 3.05) is 5.32 Å². The molecular formula is C15H20N4O. The van der Waals surface area contributed by atoms with Crippen LogP contribution in [-0.2, 0) is 4.79 Å². The first-order valence-electron chi connectivity index (χ1n) is 6.53. The normalized spacial score (nSPS) is 13.0. The van der Waals surface area contributed by atoms with Crippen molar-refractivity contribution in [2.24, 2.45) is 11.1 Å². The molecule has 0 aliphatic heterocycles. The molecule has 2 rings (SSSR count). The van der Waals surface area contributed by atoms with Crippen LogP contribution in [0.5, 0.6) is 0 Å². The number of nitrogens with one attached hydrogen (secondary N) is 2. The number of H-pyrrole nitrogens is 1. The molecule has 5 heteroatoms. The second kappa shape index (κ2) is 5.46. The summed E-state index contributed by atoms with van der Waals surface area (Å²) < 4.78 is 0. The summed E-state index contributed by atoms with van der Waals surface area (Å²) in [7, 11) is 0. The number of carbonyl (C=O) groups is 1. The summed E-state index contributed by atoms with van der Waals surface area (Å²) in [4.78, 5) is 19.0. The van der Waals surface area contributed by atoms with Crippen LogP contribution < -0.4 is 11.1 Å². The number of hydrogen-bond acceptors (Lipinski definition) is 3. The largest absolute Gasteiger partial charge is 0.345 e. The first kappa shape index (κ1) is 14.3. The zero-order valence-corrected chi connectivity index (χ0v) is 12.0. The standard InChI is InChI=1S/C15H20N4O/c1-15(2,3)13(16)14(20)19-11-6-4-10(5-7-11)12-8-17-9-18-12/h4-9,13H,16H2,1-3H3,(H,17,18)(H,19,20)/t13-/m0/s1. The van der Waals surface area contributed by atoms with Gasteiger partial charge in [0.1, 0.15) is 0 Å². The fourth-order valence-corrected chi connectivity index (χ4v) is 1.76. The van der Waals surface area contributed by atoms with E-state index in [2.05, 4.69) is 15.3 Å². The molecule has 1 atom stereocenters. The number of rotatable bonds is 3. The molecule has 1 aromatic carbocycles. The highest BCUT2D eigenvalue weighted by atomic mass is 16.2. The van der Waals surface area contributed by atoms with Crippen molar-refractivity contribution < 1.29 is 4.79 Å². The quantitative estimate of drug-likeness (QED) is 0.802. The molecule has 0 fully saturated rings. The molecule has 1 aromatic heterocycles. The number of imidazole rings is 1. The third-order valence-electron chi connectivity index (χ3n) is 3.18. The van der Waals surface area contributed by atoms with Gasteiger partial charge in [-0.25, -0.2) is 4.98 Å². The minimum atomic E-state index is -0.546. The molecule has 4 N–H and O–H groups in total. The molecule has 106 valence electrons. The number of carbonyl (C=O) groups excluding carboxylic acids is 1. The van der Waals surface area contributed by atoms with Crippen LogP contribution in [0.3, 0.4) is 0 Å². The molecule has 0 saturated carbocycles. The van der Waals surface area contributed by atoms with Gasteiger partial charge in [-0.3, -0.25) is 4.79 Å². The lowest BCUT2D eigenvalue weighted by molar-refractivity contribution is -0.119. The Morgan fingerprint density at radius 3 is 2.45 bits per heavy atom. The molecule has 1 amide bonds. The van der Waals surface area contributed by atoms with Crippen LogP contribution in [0.2, 0.25) is 0 Å². The van der Waals surface area contributed by atoms with Gasteiger partial charge in [0.2, 0.25) is 5.91 Å². The maximum Gasteiger partial charge on any atom is 0.241 e. The van der Waals surface area contributed by atoms with Crippen molar-refractivity contribution in [3.8, 4) is 11.3 Å².